The lowest BCUT2D eigenvalue weighted by atomic mass is 10.0. The molecule has 0 unspecified atom stereocenters. The minimum atomic E-state index is -0.601. The molecule has 0 fully saturated rings. The number of amides is 2. The zero-order valence-electron chi connectivity index (χ0n) is 14.9. The minimum Gasteiger partial charge on any atom is -0.384 e. The van der Waals surface area contributed by atoms with Crippen LogP contribution in [0.2, 0.25) is 0 Å². The molecular formula is C21H17N3O3. The quantitative estimate of drug-likeness (QED) is 0.688. The first-order valence-corrected chi connectivity index (χ1v) is 8.46. The zero-order chi connectivity index (χ0) is 19.3. The van der Waals surface area contributed by atoms with Gasteiger partial charge in [0, 0.05) is 6.07 Å². The van der Waals surface area contributed by atoms with Crippen LogP contribution in [-0.2, 0) is 0 Å². The molecule has 3 aromatic rings. The van der Waals surface area contributed by atoms with Gasteiger partial charge in [-0.05, 0) is 48.2 Å². The summed E-state index contributed by atoms with van der Waals surface area (Å²) in [6, 6.07) is 14.7. The summed E-state index contributed by atoms with van der Waals surface area (Å²) >= 11 is 0. The molecule has 134 valence electrons. The first kappa shape index (κ1) is 16.8. The van der Waals surface area contributed by atoms with Crippen molar-refractivity contribution >= 4 is 17.6 Å². The molecule has 0 spiro atoms. The number of nitrogen functional groups attached to an aromatic ring is 1. The second-order valence-electron chi connectivity index (χ2n) is 6.62. The molecule has 2 amide bonds. The highest BCUT2D eigenvalue weighted by Crippen LogP contribution is 2.26. The molecule has 1 aliphatic rings. The van der Waals surface area contributed by atoms with Crippen LogP contribution in [0.25, 0.3) is 16.8 Å². The smallest absolute Gasteiger partial charge is 0.262 e. The van der Waals surface area contributed by atoms with E-state index >= 15 is 0 Å². The summed E-state index contributed by atoms with van der Waals surface area (Å²) in [4.78, 5) is 36.2. The van der Waals surface area contributed by atoms with Crippen molar-refractivity contribution in [3.05, 3.63) is 81.1 Å². The van der Waals surface area contributed by atoms with Gasteiger partial charge in [-0.3, -0.25) is 24.3 Å². The molecule has 2 heterocycles. The number of anilines is 1. The second kappa shape index (κ2) is 5.95. The van der Waals surface area contributed by atoms with Gasteiger partial charge >= 0.3 is 0 Å². The summed E-state index contributed by atoms with van der Waals surface area (Å²) in [6.45, 7) is 4.12. The van der Waals surface area contributed by atoms with Crippen LogP contribution in [0, 0.1) is 13.8 Å². The number of fused-ring (bicyclic) bond motifs is 1. The molecule has 0 atom stereocenters. The van der Waals surface area contributed by atoms with Crippen LogP contribution in [-0.4, -0.2) is 16.4 Å². The fourth-order valence-corrected chi connectivity index (χ4v) is 3.27. The SMILES string of the molecule is Cc1ccc(-c2ccc(-n3c(N)c4c(cc3=O)C(=O)NC4=O)cc2)cc1C. The third-order valence-electron chi connectivity index (χ3n) is 4.92. The lowest BCUT2D eigenvalue weighted by Crippen LogP contribution is -2.24. The molecule has 6 nitrogen and oxygen atoms in total. The Hall–Kier alpha value is -3.67. The predicted molar refractivity (Wildman–Crippen MR) is 103 cm³/mol. The molecule has 0 saturated carbocycles. The van der Waals surface area contributed by atoms with E-state index in [1.54, 1.807) is 12.1 Å². The van der Waals surface area contributed by atoms with Crippen LogP contribution in [0.5, 0.6) is 0 Å². The molecule has 0 aliphatic carbocycles. The van der Waals surface area contributed by atoms with Gasteiger partial charge in [0.05, 0.1) is 16.8 Å². The minimum absolute atomic E-state index is 0.0190. The van der Waals surface area contributed by atoms with Crippen LogP contribution in [0.4, 0.5) is 5.82 Å². The third-order valence-corrected chi connectivity index (χ3v) is 4.92. The monoisotopic (exact) mass is 359 g/mol. The first-order chi connectivity index (χ1) is 12.9. The number of carbonyl (C=O) groups is 2. The van der Waals surface area contributed by atoms with Gasteiger partial charge in [0.2, 0.25) is 0 Å². The lowest BCUT2D eigenvalue weighted by molar-refractivity contribution is 0.0880. The highest BCUT2D eigenvalue weighted by molar-refractivity contribution is 6.23. The van der Waals surface area contributed by atoms with Gasteiger partial charge in [-0.2, -0.15) is 0 Å². The van der Waals surface area contributed by atoms with E-state index in [2.05, 4.69) is 31.3 Å². The van der Waals surface area contributed by atoms with Gasteiger partial charge in [-0.1, -0.05) is 30.3 Å². The topological polar surface area (TPSA) is 94.2 Å². The van der Waals surface area contributed by atoms with Crippen molar-refractivity contribution in [2.24, 2.45) is 0 Å². The Balaban J connectivity index is 1.80. The van der Waals surface area contributed by atoms with Gasteiger partial charge in [-0.25, -0.2) is 0 Å². The third kappa shape index (κ3) is 2.62. The number of aromatic nitrogens is 1. The molecule has 1 aromatic heterocycles. The number of imide groups is 1. The average molecular weight is 359 g/mol. The standard InChI is InChI=1S/C21H17N3O3/c1-11-3-4-14(9-12(11)2)13-5-7-15(8-6-13)24-17(25)10-16-18(19(24)22)21(27)23-20(16)26/h3-10H,22H2,1-2H3,(H,23,26,27). The largest absolute Gasteiger partial charge is 0.384 e. The molecule has 2 aromatic carbocycles. The maximum absolute atomic E-state index is 12.5. The average Bonchev–Trinajstić information content (AvgIpc) is 2.92. The molecule has 6 heteroatoms. The van der Waals surface area contributed by atoms with Crippen LogP contribution in [0.1, 0.15) is 31.8 Å². The number of nitrogens with zero attached hydrogens (tertiary/aromatic N) is 1. The maximum atomic E-state index is 12.5. The van der Waals surface area contributed by atoms with Crippen molar-refractivity contribution in [1.29, 1.82) is 0 Å². The Morgan fingerprint density at radius 2 is 1.48 bits per heavy atom. The van der Waals surface area contributed by atoms with E-state index in [9.17, 15) is 14.4 Å². The summed E-state index contributed by atoms with van der Waals surface area (Å²) in [5, 5.41) is 2.16. The van der Waals surface area contributed by atoms with Gasteiger partial charge < -0.3 is 5.73 Å². The number of benzene rings is 2. The van der Waals surface area contributed by atoms with E-state index in [4.69, 9.17) is 5.73 Å². The van der Waals surface area contributed by atoms with E-state index in [1.807, 2.05) is 18.2 Å². The van der Waals surface area contributed by atoms with Gasteiger partial charge in [0.15, 0.2) is 0 Å². The van der Waals surface area contributed by atoms with Crippen molar-refractivity contribution in [1.82, 2.24) is 9.88 Å². The fourth-order valence-electron chi connectivity index (χ4n) is 3.27. The Morgan fingerprint density at radius 1 is 0.815 bits per heavy atom. The fraction of sp³-hybridized carbons (Fsp3) is 0.0952. The van der Waals surface area contributed by atoms with Crippen molar-refractivity contribution in [3.8, 4) is 16.8 Å². The number of carbonyl (C=O) groups excluding carboxylic acids is 2. The molecule has 0 bridgehead atoms. The molecule has 1 aliphatic heterocycles. The number of nitrogens with one attached hydrogen (secondary N) is 1. The molecule has 27 heavy (non-hydrogen) atoms. The highest BCUT2D eigenvalue weighted by Gasteiger charge is 2.31. The number of hydrogen-bond donors (Lipinski definition) is 2. The second-order valence-corrected chi connectivity index (χ2v) is 6.62. The Labute approximate surface area is 155 Å². The number of nitrogens with two attached hydrogens (primary N) is 1. The van der Waals surface area contributed by atoms with Crippen molar-refractivity contribution < 1.29 is 9.59 Å². The molecule has 0 radical (unpaired) electrons. The maximum Gasteiger partial charge on any atom is 0.262 e. The van der Waals surface area contributed by atoms with Crippen molar-refractivity contribution in [2.75, 3.05) is 5.73 Å². The molecule has 4 rings (SSSR count). The summed E-state index contributed by atoms with van der Waals surface area (Å²) in [5.74, 6) is -1.23. The Kier molecular flexibility index (Phi) is 3.70. The van der Waals surface area contributed by atoms with Gasteiger partial charge in [0.1, 0.15) is 5.82 Å². The van der Waals surface area contributed by atoms with Crippen LogP contribution >= 0.6 is 0 Å². The predicted octanol–water partition coefficient (Wildman–Crippen LogP) is 2.59. The number of aryl methyl sites for hydroxylation is 2. The molecule has 0 saturated heterocycles. The van der Waals surface area contributed by atoms with Gasteiger partial charge in [0.25, 0.3) is 17.4 Å². The Bertz CT molecular complexity index is 1170. The Morgan fingerprint density at radius 3 is 2.15 bits per heavy atom. The number of hydrogen-bond acceptors (Lipinski definition) is 4. The molecular weight excluding hydrogens is 342 g/mol. The van der Waals surface area contributed by atoms with E-state index in [-0.39, 0.29) is 16.9 Å². The van der Waals surface area contributed by atoms with Gasteiger partial charge in [-0.15, -0.1) is 0 Å². The van der Waals surface area contributed by atoms with E-state index < -0.39 is 17.4 Å². The van der Waals surface area contributed by atoms with E-state index in [1.165, 1.54) is 15.7 Å². The summed E-state index contributed by atoms with van der Waals surface area (Å²) in [5.41, 5.74) is 10.7. The summed E-state index contributed by atoms with van der Waals surface area (Å²) in [6.07, 6.45) is 0. The van der Waals surface area contributed by atoms with Crippen molar-refractivity contribution in [3.63, 3.8) is 0 Å². The highest BCUT2D eigenvalue weighted by atomic mass is 16.2. The normalized spacial score (nSPS) is 12.8. The summed E-state index contributed by atoms with van der Waals surface area (Å²) < 4.78 is 1.24. The first-order valence-electron chi connectivity index (χ1n) is 8.46. The van der Waals surface area contributed by atoms with Crippen LogP contribution in [0.3, 0.4) is 0 Å². The number of pyridine rings is 1. The lowest BCUT2D eigenvalue weighted by Gasteiger charge is -2.13. The summed E-state index contributed by atoms with van der Waals surface area (Å²) in [7, 11) is 0. The van der Waals surface area contributed by atoms with E-state index in [0.29, 0.717) is 5.69 Å². The van der Waals surface area contributed by atoms with Crippen molar-refractivity contribution in [2.45, 2.75) is 13.8 Å². The van der Waals surface area contributed by atoms with E-state index in [0.717, 1.165) is 17.2 Å². The van der Waals surface area contributed by atoms with Crippen LogP contribution < -0.4 is 16.6 Å². The number of rotatable bonds is 2. The molecule has 3 N–H and O–H groups in total. The zero-order valence-corrected chi connectivity index (χ0v) is 14.9. The van der Waals surface area contributed by atoms with Crippen LogP contribution in [0.15, 0.2) is 53.3 Å².